The molecule has 0 saturated heterocycles. The Balaban J connectivity index is 2.20. The van der Waals surface area contributed by atoms with Crippen LogP contribution >= 0.6 is 15.9 Å². The van der Waals surface area contributed by atoms with E-state index in [1.54, 1.807) is 13.3 Å². The van der Waals surface area contributed by atoms with Gasteiger partial charge in [-0.05, 0) is 49.3 Å². The first kappa shape index (κ1) is 15.0. The average Bonchev–Trinajstić information content (AvgIpc) is 2.67. The number of hydrogen-bond acceptors (Lipinski definition) is 4. The summed E-state index contributed by atoms with van der Waals surface area (Å²) in [7, 11) is 5.73. The van der Waals surface area contributed by atoms with E-state index in [1.807, 2.05) is 18.8 Å². The molecule has 0 aromatic carbocycles. The lowest BCUT2D eigenvalue weighted by Crippen LogP contribution is -2.46. The maximum Gasteiger partial charge on any atom is 0.126 e. The second-order valence-corrected chi connectivity index (χ2v) is 6.28. The molecule has 2 rings (SSSR count). The van der Waals surface area contributed by atoms with Gasteiger partial charge in [0.25, 0.3) is 0 Å². The number of rotatable bonds is 6. The molecule has 0 bridgehead atoms. The molecule has 1 aliphatic carbocycles. The Morgan fingerprint density at radius 3 is 2.74 bits per heavy atom. The number of likely N-dealkylation sites (N-methyl/N-ethyl adjacent to an activating group) is 1. The molecule has 1 aromatic rings. The van der Waals surface area contributed by atoms with E-state index in [4.69, 9.17) is 4.74 Å². The summed E-state index contributed by atoms with van der Waals surface area (Å²) in [5, 5.41) is 15.0. The molecule has 1 fully saturated rings. The predicted molar refractivity (Wildman–Crippen MR) is 77.0 cm³/mol. The SMILES string of the molecule is COC1(C(O)c2c(Br)cnn2CCN(C)C)CCC1. The largest absolute Gasteiger partial charge is 0.384 e. The van der Waals surface area contributed by atoms with Crippen LogP contribution in [0, 0.1) is 0 Å². The average molecular weight is 332 g/mol. The van der Waals surface area contributed by atoms with Crippen LogP contribution in [0.4, 0.5) is 0 Å². The first-order valence-electron chi connectivity index (χ1n) is 6.59. The maximum absolute atomic E-state index is 10.7. The number of aliphatic hydroxyl groups excluding tert-OH is 1. The topological polar surface area (TPSA) is 50.5 Å². The van der Waals surface area contributed by atoms with Crippen molar-refractivity contribution in [1.29, 1.82) is 0 Å². The van der Waals surface area contributed by atoms with Gasteiger partial charge in [0.05, 0.1) is 28.5 Å². The Kier molecular flexibility index (Phi) is 4.66. The Morgan fingerprint density at radius 2 is 2.26 bits per heavy atom. The van der Waals surface area contributed by atoms with Crippen LogP contribution in [0.25, 0.3) is 0 Å². The summed E-state index contributed by atoms with van der Waals surface area (Å²) in [5.41, 5.74) is 0.390. The Labute approximate surface area is 122 Å². The van der Waals surface area contributed by atoms with Gasteiger partial charge in [-0.25, -0.2) is 0 Å². The molecule has 1 atom stereocenters. The molecule has 6 heteroatoms. The van der Waals surface area contributed by atoms with Crippen LogP contribution in [0.3, 0.4) is 0 Å². The van der Waals surface area contributed by atoms with E-state index in [-0.39, 0.29) is 0 Å². The van der Waals surface area contributed by atoms with E-state index in [1.165, 1.54) is 0 Å². The zero-order chi connectivity index (χ0) is 14.0. The number of aromatic nitrogens is 2. The molecule has 5 nitrogen and oxygen atoms in total. The van der Waals surface area contributed by atoms with Crippen LogP contribution in [-0.4, -0.2) is 53.1 Å². The van der Waals surface area contributed by atoms with Gasteiger partial charge in [0.1, 0.15) is 6.10 Å². The molecule has 0 radical (unpaired) electrons. The summed E-state index contributed by atoms with van der Waals surface area (Å²) < 4.78 is 8.29. The molecule has 1 aromatic heterocycles. The van der Waals surface area contributed by atoms with Crippen LogP contribution in [0.2, 0.25) is 0 Å². The molecule has 0 spiro atoms. The fraction of sp³-hybridized carbons (Fsp3) is 0.769. The minimum atomic E-state index is -0.634. The van der Waals surface area contributed by atoms with Gasteiger partial charge in [-0.2, -0.15) is 5.10 Å². The quantitative estimate of drug-likeness (QED) is 0.863. The van der Waals surface area contributed by atoms with E-state index >= 15 is 0 Å². The highest BCUT2D eigenvalue weighted by Gasteiger charge is 2.46. The standard InChI is InChI=1S/C13H22BrN3O2/c1-16(2)7-8-17-11(10(14)9-15-17)12(18)13(19-3)5-4-6-13/h9,12,18H,4-8H2,1-3H3. The van der Waals surface area contributed by atoms with Crippen molar-refractivity contribution in [3.8, 4) is 0 Å². The molecule has 1 unspecified atom stereocenters. The molecule has 1 heterocycles. The summed E-state index contributed by atoms with van der Waals surface area (Å²) in [4.78, 5) is 2.10. The molecule has 0 aliphatic heterocycles. The van der Waals surface area contributed by atoms with Crippen molar-refractivity contribution in [2.75, 3.05) is 27.7 Å². The highest BCUT2D eigenvalue weighted by atomic mass is 79.9. The molecule has 1 saturated carbocycles. The second-order valence-electron chi connectivity index (χ2n) is 5.43. The third kappa shape index (κ3) is 2.86. The molecule has 108 valence electrons. The zero-order valence-electron chi connectivity index (χ0n) is 11.8. The van der Waals surface area contributed by atoms with Crippen LogP contribution in [0.15, 0.2) is 10.7 Å². The van der Waals surface area contributed by atoms with Crippen LogP contribution < -0.4 is 0 Å². The summed E-state index contributed by atoms with van der Waals surface area (Å²) in [6, 6.07) is 0. The van der Waals surface area contributed by atoms with E-state index in [9.17, 15) is 5.11 Å². The first-order chi connectivity index (χ1) is 9.00. The zero-order valence-corrected chi connectivity index (χ0v) is 13.4. The fourth-order valence-electron chi connectivity index (χ4n) is 2.48. The summed E-state index contributed by atoms with van der Waals surface area (Å²) in [6.07, 6.45) is 4.02. The smallest absolute Gasteiger partial charge is 0.126 e. The van der Waals surface area contributed by atoms with Gasteiger partial charge in [-0.3, -0.25) is 4.68 Å². The summed E-state index contributed by atoms with van der Waals surface area (Å²) in [6.45, 7) is 1.64. The van der Waals surface area contributed by atoms with Crippen molar-refractivity contribution >= 4 is 15.9 Å². The van der Waals surface area contributed by atoms with E-state index in [2.05, 4.69) is 25.9 Å². The number of methoxy groups -OCH3 is 1. The molecular formula is C13H22BrN3O2. The number of aliphatic hydroxyl groups is 1. The highest BCUT2D eigenvalue weighted by Crippen LogP contribution is 2.46. The summed E-state index contributed by atoms with van der Waals surface area (Å²) in [5.74, 6) is 0. The second kappa shape index (κ2) is 5.91. The predicted octanol–water partition coefficient (Wildman–Crippen LogP) is 1.81. The third-order valence-electron chi connectivity index (χ3n) is 3.96. The lowest BCUT2D eigenvalue weighted by molar-refractivity contribution is -0.154. The van der Waals surface area contributed by atoms with Gasteiger partial charge in [-0.15, -0.1) is 0 Å². The van der Waals surface area contributed by atoms with Crippen molar-refractivity contribution in [2.45, 2.75) is 37.5 Å². The lowest BCUT2D eigenvalue weighted by Gasteiger charge is -2.44. The number of ether oxygens (including phenoxy) is 1. The molecule has 0 amide bonds. The van der Waals surface area contributed by atoms with Gasteiger partial charge < -0.3 is 14.7 Å². The third-order valence-corrected chi connectivity index (χ3v) is 4.57. The number of nitrogens with zero attached hydrogens (tertiary/aromatic N) is 3. The number of halogens is 1. The molecule has 1 N–H and O–H groups in total. The van der Waals surface area contributed by atoms with Gasteiger partial charge in [-0.1, -0.05) is 0 Å². The fourth-order valence-corrected chi connectivity index (χ4v) is 2.99. The normalized spacial score (nSPS) is 19.5. The van der Waals surface area contributed by atoms with Gasteiger partial charge in [0.15, 0.2) is 0 Å². The van der Waals surface area contributed by atoms with Crippen molar-refractivity contribution < 1.29 is 9.84 Å². The van der Waals surface area contributed by atoms with Crippen molar-refractivity contribution in [1.82, 2.24) is 14.7 Å². The molecule has 19 heavy (non-hydrogen) atoms. The van der Waals surface area contributed by atoms with E-state index < -0.39 is 11.7 Å². The van der Waals surface area contributed by atoms with Crippen molar-refractivity contribution in [3.63, 3.8) is 0 Å². The minimum Gasteiger partial charge on any atom is -0.384 e. The Morgan fingerprint density at radius 1 is 1.58 bits per heavy atom. The minimum absolute atomic E-state index is 0.432. The van der Waals surface area contributed by atoms with E-state index in [0.29, 0.717) is 0 Å². The van der Waals surface area contributed by atoms with Gasteiger partial charge in [0.2, 0.25) is 0 Å². The number of hydrogen-bond donors (Lipinski definition) is 1. The Hall–Kier alpha value is -0.430. The summed E-state index contributed by atoms with van der Waals surface area (Å²) >= 11 is 3.49. The molecule has 1 aliphatic rings. The van der Waals surface area contributed by atoms with Crippen LogP contribution in [0.1, 0.15) is 31.1 Å². The maximum atomic E-state index is 10.7. The van der Waals surface area contributed by atoms with Crippen molar-refractivity contribution in [2.24, 2.45) is 0 Å². The lowest BCUT2D eigenvalue weighted by atomic mass is 9.74. The monoisotopic (exact) mass is 331 g/mol. The van der Waals surface area contributed by atoms with Crippen LogP contribution in [0.5, 0.6) is 0 Å². The van der Waals surface area contributed by atoms with Crippen LogP contribution in [-0.2, 0) is 11.3 Å². The van der Waals surface area contributed by atoms with E-state index in [0.717, 1.165) is 42.5 Å². The van der Waals surface area contributed by atoms with Gasteiger partial charge in [0, 0.05) is 13.7 Å². The first-order valence-corrected chi connectivity index (χ1v) is 7.38. The van der Waals surface area contributed by atoms with Crippen molar-refractivity contribution in [3.05, 3.63) is 16.4 Å². The Bertz CT molecular complexity index is 424. The molecular weight excluding hydrogens is 310 g/mol. The van der Waals surface area contributed by atoms with Gasteiger partial charge >= 0.3 is 0 Å². The highest BCUT2D eigenvalue weighted by molar-refractivity contribution is 9.10.